The fraction of sp³-hybridized carbons (Fsp3) is 0.438. The van der Waals surface area contributed by atoms with E-state index in [2.05, 4.69) is 26.0 Å². The minimum atomic E-state index is 0.535. The standard InChI is InChI=1S/C16H20N4S2/c21-16(20-12-6-2-1-3-7-12)18-10-13-11-22-15(19-13)14-8-4-5-9-17-14/h4-5,8-9,11-12H,1-3,6-7,10H2,(H2,18,20,21). The summed E-state index contributed by atoms with van der Waals surface area (Å²) < 4.78 is 0. The second-order valence-electron chi connectivity index (χ2n) is 5.52. The van der Waals surface area contributed by atoms with Crippen molar-refractivity contribution in [1.29, 1.82) is 0 Å². The Morgan fingerprint density at radius 2 is 2.14 bits per heavy atom. The molecule has 2 aromatic rings. The van der Waals surface area contributed by atoms with Crippen LogP contribution in [0.15, 0.2) is 29.8 Å². The molecule has 2 aromatic heterocycles. The van der Waals surface area contributed by atoms with Gasteiger partial charge in [0, 0.05) is 17.6 Å². The van der Waals surface area contributed by atoms with Crippen molar-refractivity contribution in [2.75, 3.05) is 0 Å². The third-order valence-electron chi connectivity index (χ3n) is 3.81. The van der Waals surface area contributed by atoms with Crippen LogP contribution < -0.4 is 10.6 Å². The molecule has 2 N–H and O–H groups in total. The van der Waals surface area contributed by atoms with Crippen LogP contribution in [-0.2, 0) is 6.54 Å². The van der Waals surface area contributed by atoms with E-state index in [-0.39, 0.29) is 0 Å². The number of rotatable bonds is 4. The Balaban J connectivity index is 1.49. The molecule has 3 rings (SSSR count). The summed E-state index contributed by atoms with van der Waals surface area (Å²) in [6.07, 6.45) is 8.20. The number of hydrogen-bond acceptors (Lipinski definition) is 4. The first-order valence-electron chi connectivity index (χ1n) is 7.71. The van der Waals surface area contributed by atoms with Gasteiger partial charge in [0.2, 0.25) is 0 Å². The topological polar surface area (TPSA) is 49.8 Å². The molecular formula is C16H20N4S2. The quantitative estimate of drug-likeness (QED) is 0.839. The second kappa shape index (κ2) is 7.65. The fourth-order valence-electron chi connectivity index (χ4n) is 2.65. The average Bonchev–Trinajstić information content (AvgIpc) is 3.04. The summed E-state index contributed by atoms with van der Waals surface area (Å²) in [4.78, 5) is 8.93. The molecule has 22 heavy (non-hydrogen) atoms. The van der Waals surface area contributed by atoms with Crippen LogP contribution in [0.25, 0.3) is 10.7 Å². The molecule has 4 nitrogen and oxygen atoms in total. The van der Waals surface area contributed by atoms with Crippen molar-refractivity contribution in [3.05, 3.63) is 35.5 Å². The van der Waals surface area contributed by atoms with Gasteiger partial charge in [0.15, 0.2) is 5.11 Å². The molecule has 0 spiro atoms. The SMILES string of the molecule is S=C(NCc1csc(-c2ccccn2)n1)NC1CCCCC1. The van der Waals surface area contributed by atoms with Gasteiger partial charge < -0.3 is 10.6 Å². The first-order chi connectivity index (χ1) is 10.8. The van der Waals surface area contributed by atoms with E-state index >= 15 is 0 Å². The summed E-state index contributed by atoms with van der Waals surface area (Å²) in [5.41, 5.74) is 1.92. The first-order valence-corrected chi connectivity index (χ1v) is 9.00. The highest BCUT2D eigenvalue weighted by Gasteiger charge is 2.14. The third kappa shape index (κ3) is 4.24. The van der Waals surface area contributed by atoms with Crippen molar-refractivity contribution in [3.8, 4) is 10.7 Å². The summed E-state index contributed by atoms with van der Waals surface area (Å²) in [5.74, 6) is 0. The van der Waals surface area contributed by atoms with Gasteiger partial charge in [0.1, 0.15) is 5.01 Å². The van der Waals surface area contributed by atoms with E-state index in [1.807, 2.05) is 18.2 Å². The lowest BCUT2D eigenvalue weighted by Crippen LogP contribution is -2.42. The number of nitrogens with one attached hydrogen (secondary N) is 2. The molecule has 116 valence electrons. The lowest BCUT2D eigenvalue weighted by molar-refractivity contribution is 0.412. The lowest BCUT2D eigenvalue weighted by atomic mass is 9.96. The van der Waals surface area contributed by atoms with E-state index in [1.165, 1.54) is 32.1 Å². The van der Waals surface area contributed by atoms with Gasteiger partial charge in [0.05, 0.1) is 17.9 Å². The van der Waals surface area contributed by atoms with Crippen LogP contribution in [0.3, 0.4) is 0 Å². The van der Waals surface area contributed by atoms with Gasteiger partial charge in [-0.1, -0.05) is 25.3 Å². The average molecular weight is 332 g/mol. The van der Waals surface area contributed by atoms with Crippen LogP contribution in [0, 0.1) is 0 Å². The number of hydrogen-bond donors (Lipinski definition) is 2. The van der Waals surface area contributed by atoms with Crippen LogP contribution >= 0.6 is 23.6 Å². The smallest absolute Gasteiger partial charge is 0.166 e. The summed E-state index contributed by atoms with van der Waals surface area (Å²) >= 11 is 6.99. The fourth-order valence-corrected chi connectivity index (χ4v) is 3.68. The maximum atomic E-state index is 5.38. The highest BCUT2D eigenvalue weighted by Crippen LogP contribution is 2.21. The third-order valence-corrected chi connectivity index (χ3v) is 4.98. The Kier molecular flexibility index (Phi) is 5.34. The molecule has 0 unspecified atom stereocenters. The second-order valence-corrected chi connectivity index (χ2v) is 6.79. The van der Waals surface area contributed by atoms with E-state index in [0.29, 0.717) is 12.6 Å². The molecule has 1 saturated carbocycles. The molecule has 0 radical (unpaired) electrons. The van der Waals surface area contributed by atoms with Crippen molar-refractivity contribution in [2.45, 2.75) is 44.7 Å². The van der Waals surface area contributed by atoms with Crippen molar-refractivity contribution in [2.24, 2.45) is 0 Å². The maximum Gasteiger partial charge on any atom is 0.166 e. The van der Waals surface area contributed by atoms with Crippen LogP contribution in [0.5, 0.6) is 0 Å². The van der Waals surface area contributed by atoms with Crippen molar-refractivity contribution in [1.82, 2.24) is 20.6 Å². The summed E-state index contributed by atoms with van der Waals surface area (Å²) in [7, 11) is 0. The van der Waals surface area contributed by atoms with E-state index < -0.39 is 0 Å². The summed E-state index contributed by atoms with van der Waals surface area (Å²) in [6.45, 7) is 0.655. The summed E-state index contributed by atoms with van der Waals surface area (Å²) in [5, 5.41) is 10.4. The molecule has 6 heteroatoms. The van der Waals surface area contributed by atoms with Gasteiger partial charge in [0.25, 0.3) is 0 Å². The Hall–Kier alpha value is -1.53. The van der Waals surface area contributed by atoms with Crippen LogP contribution in [-0.4, -0.2) is 21.1 Å². The van der Waals surface area contributed by atoms with E-state index in [4.69, 9.17) is 12.2 Å². The Morgan fingerprint density at radius 3 is 2.91 bits per heavy atom. The zero-order valence-electron chi connectivity index (χ0n) is 12.4. The molecule has 0 amide bonds. The minimum Gasteiger partial charge on any atom is -0.360 e. The number of thiocarbonyl (C=S) groups is 1. The van der Waals surface area contributed by atoms with Gasteiger partial charge in [-0.25, -0.2) is 4.98 Å². The number of nitrogens with zero attached hydrogens (tertiary/aromatic N) is 2. The Morgan fingerprint density at radius 1 is 1.27 bits per heavy atom. The van der Waals surface area contributed by atoms with Gasteiger partial charge >= 0.3 is 0 Å². The van der Waals surface area contributed by atoms with Crippen LogP contribution in [0.1, 0.15) is 37.8 Å². The lowest BCUT2D eigenvalue weighted by Gasteiger charge is -2.24. The van der Waals surface area contributed by atoms with Gasteiger partial charge in [-0.15, -0.1) is 11.3 Å². The molecular weight excluding hydrogens is 312 g/mol. The molecule has 0 atom stereocenters. The van der Waals surface area contributed by atoms with Gasteiger partial charge in [-0.3, -0.25) is 4.98 Å². The van der Waals surface area contributed by atoms with Crippen molar-refractivity contribution < 1.29 is 0 Å². The molecule has 1 fully saturated rings. The normalized spacial score (nSPS) is 15.5. The van der Waals surface area contributed by atoms with E-state index in [9.17, 15) is 0 Å². The number of pyridine rings is 1. The van der Waals surface area contributed by atoms with E-state index in [0.717, 1.165) is 21.5 Å². The minimum absolute atomic E-state index is 0.535. The molecule has 0 aromatic carbocycles. The Labute approximate surface area is 140 Å². The van der Waals surface area contributed by atoms with Crippen LogP contribution in [0.4, 0.5) is 0 Å². The van der Waals surface area contributed by atoms with Gasteiger partial charge in [-0.2, -0.15) is 0 Å². The molecule has 1 aliphatic rings. The summed E-state index contributed by atoms with van der Waals surface area (Å²) in [6, 6.07) is 6.40. The molecule has 2 heterocycles. The zero-order valence-corrected chi connectivity index (χ0v) is 14.1. The number of thiazole rings is 1. The van der Waals surface area contributed by atoms with E-state index in [1.54, 1.807) is 17.5 Å². The monoisotopic (exact) mass is 332 g/mol. The molecule has 1 aliphatic carbocycles. The van der Waals surface area contributed by atoms with Crippen LogP contribution in [0.2, 0.25) is 0 Å². The zero-order chi connectivity index (χ0) is 15.2. The predicted octanol–water partition coefficient (Wildman–Crippen LogP) is 3.50. The van der Waals surface area contributed by atoms with Crippen molar-refractivity contribution >= 4 is 28.7 Å². The van der Waals surface area contributed by atoms with Crippen molar-refractivity contribution in [3.63, 3.8) is 0 Å². The first kappa shape index (κ1) is 15.4. The highest BCUT2D eigenvalue weighted by molar-refractivity contribution is 7.80. The molecule has 0 saturated heterocycles. The van der Waals surface area contributed by atoms with Gasteiger partial charge in [-0.05, 0) is 37.2 Å². The molecule has 0 bridgehead atoms. The Bertz CT molecular complexity index is 606. The number of aromatic nitrogens is 2. The highest BCUT2D eigenvalue weighted by atomic mass is 32.1. The predicted molar refractivity (Wildman–Crippen MR) is 94.8 cm³/mol. The largest absolute Gasteiger partial charge is 0.360 e. The molecule has 0 aliphatic heterocycles. The maximum absolute atomic E-state index is 5.38.